The Morgan fingerprint density at radius 3 is 1.93 bits per heavy atom. The SMILES string of the molecule is Cc1ccc(N(C[C@H](O)Cn2c3ccccc3c3ccccc32)S(C)(=O)=O)cc1. The van der Waals surface area contributed by atoms with Crippen LogP contribution in [0.1, 0.15) is 5.56 Å². The molecule has 0 aliphatic rings. The molecule has 0 radical (unpaired) electrons. The van der Waals surface area contributed by atoms with Crippen LogP contribution in [0.5, 0.6) is 0 Å². The summed E-state index contributed by atoms with van der Waals surface area (Å²) in [6.45, 7) is 2.24. The van der Waals surface area contributed by atoms with Crippen molar-refractivity contribution < 1.29 is 13.5 Å². The number of aliphatic hydroxyl groups excluding tert-OH is 1. The van der Waals surface area contributed by atoms with Gasteiger partial charge in [-0.15, -0.1) is 0 Å². The molecule has 0 fully saturated rings. The fourth-order valence-corrected chi connectivity index (χ4v) is 4.75. The van der Waals surface area contributed by atoms with Crippen molar-refractivity contribution >= 4 is 37.5 Å². The van der Waals surface area contributed by atoms with Crippen molar-refractivity contribution in [2.45, 2.75) is 19.6 Å². The van der Waals surface area contributed by atoms with Gasteiger partial charge in [0.2, 0.25) is 10.0 Å². The van der Waals surface area contributed by atoms with E-state index in [1.807, 2.05) is 55.5 Å². The second-order valence-electron chi connectivity index (χ2n) is 7.43. The molecule has 1 atom stereocenters. The highest BCUT2D eigenvalue weighted by molar-refractivity contribution is 7.92. The van der Waals surface area contributed by atoms with Gasteiger partial charge in [-0.3, -0.25) is 4.31 Å². The molecule has 5 nitrogen and oxygen atoms in total. The van der Waals surface area contributed by atoms with Crippen LogP contribution in [0.4, 0.5) is 5.69 Å². The third-order valence-corrected chi connectivity index (χ3v) is 6.33. The van der Waals surface area contributed by atoms with E-state index in [0.717, 1.165) is 27.4 Å². The normalized spacial score (nSPS) is 13.1. The molecule has 0 aliphatic carbocycles. The maximum Gasteiger partial charge on any atom is 0.232 e. The number of aryl methyl sites for hydroxylation is 1. The summed E-state index contributed by atoms with van der Waals surface area (Å²) in [6.07, 6.45) is 0.297. The standard InChI is InChI=1S/C23H24N2O3S/c1-17-11-13-18(14-12-17)25(29(2,27)28)16-19(26)15-24-22-9-5-3-7-20(22)21-8-4-6-10-23(21)24/h3-14,19,26H,15-16H2,1-2H3/t19-/m1/s1. The number of nitrogens with zero attached hydrogens (tertiary/aromatic N) is 2. The predicted molar refractivity (Wildman–Crippen MR) is 119 cm³/mol. The summed E-state index contributed by atoms with van der Waals surface area (Å²) in [5, 5.41) is 13.1. The van der Waals surface area contributed by atoms with E-state index in [1.165, 1.54) is 10.6 Å². The Morgan fingerprint density at radius 2 is 1.41 bits per heavy atom. The number of benzene rings is 3. The summed E-state index contributed by atoms with van der Waals surface area (Å²) in [6, 6.07) is 23.4. The van der Waals surface area contributed by atoms with Crippen molar-refractivity contribution in [1.29, 1.82) is 0 Å². The fourth-order valence-electron chi connectivity index (χ4n) is 3.80. The lowest BCUT2D eigenvalue weighted by atomic mass is 10.2. The minimum absolute atomic E-state index is 0.0112. The molecular formula is C23H24N2O3S. The number of aliphatic hydroxyl groups is 1. The van der Waals surface area contributed by atoms with Gasteiger partial charge in [0.25, 0.3) is 0 Å². The molecule has 0 bridgehead atoms. The molecule has 150 valence electrons. The van der Waals surface area contributed by atoms with E-state index >= 15 is 0 Å². The monoisotopic (exact) mass is 408 g/mol. The summed E-state index contributed by atoms with van der Waals surface area (Å²) >= 11 is 0. The van der Waals surface area contributed by atoms with Gasteiger partial charge in [0.1, 0.15) is 0 Å². The van der Waals surface area contributed by atoms with E-state index in [9.17, 15) is 13.5 Å². The molecule has 1 aromatic heterocycles. The van der Waals surface area contributed by atoms with Crippen LogP contribution in [0.2, 0.25) is 0 Å². The van der Waals surface area contributed by atoms with Crippen LogP contribution >= 0.6 is 0 Å². The number of anilines is 1. The molecule has 4 aromatic rings. The first-order valence-corrected chi connectivity index (χ1v) is 11.4. The van der Waals surface area contributed by atoms with Crippen LogP contribution in [0.3, 0.4) is 0 Å². The van der Waals surface area contributed by atoms with E-state index in [-0.39, 0.29) is 6.54 Å². The number of aromatic nitrogens is 1. The van der Waals surface area contributed by atoms with Gasteiger partial charge in [0.05, 0.1) is 31.1 Å². The van der Waals surface area contributed by atoms with Gasteiger partial charge < -0.3 is 9.67 Å². The topological polar surface area (TPSA) is 62.5 Å². The van der Waals surface area contributed by atoms with Gasteiger partial charge in [0, 0.05) is 21.8 Å². The fraction of sp³-hybridized carbons (Fsp3) is 0.217. The van der Waals surface area contributed by atoms with Crippen LogP contribution in [-0.4, -0.2) is 37.0 Å². The quantitative estimate of drug-likeness (QED) is 0.526. The Bertz CT molecular complexity index is 1210. The Morgan fingerprint density at radius 1 is 0.897 bits per heavy atom. The third-order valence-electron chi connectivity index (χ3n) is 5.17. The summed E-state index contributed by atoms with van der Waals surface area (Å²) in [5.74, 6) is 0. The first-order chi connectivity index (χ1) is 13.8. The van der Waals surface area contributed by atoms with Crippen molar-refractivity contribution in [2.75, 3.05) is 17.1 Å². The Labute approximate surface area is 170 Å². The molecule has 29 heavy (non-hydrogen) atoms. The van der Waals surface area contributed by atoms with E-state index in [4.69, 9.17) is 0 Å². The number of hydrogen-bond acceptors (Lipinski definition) is 3. The maximum atomic E-state index is 12.4. The van der Waals surface area contributed by atoms with Gasteiger partial charge in [-0.25, -0.2) is 8.42 Å². The summed E-state index contributed by atoms with van der Waals surface area (Å²) in [5.41, 5.74) is 3.65. The molecule has 0 aliphatic heterocycles. The first-order valence-electron chi connectivity index (χ1n) is 9.53. The molecule has 6 heteroatoms. The average molecular weight is 409 g/mol. The molecular weight excluding hydrogens is 384 g/mol. The highest BCUT2D eigenvalue weighted by Crippen LogP contribution is 2.29. The third kappa shape index (κ3) is 3.86. The van der Waals surface area contributed by atoms with Gasteiger partial charge >= 0.3 is 0 Å². The number of sulfonamides is 1. The lowest BCUT2D eigenvalue weighted by Crippen LogP contribution is -2.38. The van der Waals surface area contributed by atoms with Crippen molar-refractivity contribution in [2.24, 2.45) is 0 Å². The van der Waals surface area contributed by atoms with Crippen molar-refractivity contribution in [1.82, 2.24) is 4.57 Å². The molecule has 4 rings (SSSR count). The second-order valence-corrected chi connectivity index (χ2v) is 9.34. The molecule has 1 heterocycles. The maximum absolute atomic E-state index is 12.4. The zero-order valence-corrected chi connectivity index (χ0v) is 17.3. The van der Waals surface area contributed by atoms with Crippen molar-refractivity contribution in [3.8, 4) is 0 Å². The highest BCUT2D eigenvalue weighted by atomic mass is 32.2. The Hall–Kier alpha value is -2.83. The highest BCUT2D eigenvalue weighted by Gasteiger charge is 2.22. The van der Waals surface area contributed by atoms with Gasteiger partial charge in [-0.1, -0.05) is 54.1 Å². The number of para-hydroxylation sites is 2. The largest absolute Gasteiger partial charge is 0.389 e. The number of rotatable bonds is 6. The number of hydrogen-bond donors (Lipinski definition) is 1. The van der Waals surface area contributed by atoms with Crippen LogP contribution in [0, 0.1) is 6.92 Å². The molecule has 0 amide bonds. The molecule has 0 saturated carbocycles. The zero-order chi connectivity index (χ0) is 20.6. The van der Waals surface area contributed by atoms with Gasteiger partial charge in [-0.2, -0.15) is 0 Å². The van der Waals surface area contributed by atoms with Crippen LogP contribution < -0.4 is 4.31 Å². The summed E-state index contributed by atoms with van der Waals surface area (Å²) in [7, 11) is -3.53. The Kier molecular flexibility index (Phi) is 5.06. The van der Waals surface area contributed by atoms with Crippen LogP contribution in [0.15, 0.2) is 72.8 Å². The van der Waals surface area contributed by atoms with E-state index < -0.39 is 16.1 Å². The first kappa shape index (κ1) is 19.5. The van der Waals surface area contributed by atoms with Crippen LogP contribution in [-0.2, 0) is 16.6 Å². The molecule has 1 N–H and O–H groups in total. The van der Waals surface area contributed by atoms with Gasteiger partial charge in [0.15, 0.2) is 0 Å². The van der Waals surface area contributed by atoms with Crippen LogP contribution in [0.25, 0.3) is 21.8 Å². The minimum Gasteiger partial charge on any atom is -0.389 e. The average Bonchev–Trinajstić information content (AvgIpc) is 3.00. The molecule has 0 spiro atoms. The lowest BCUT2D eigenvalue weighted by Gasteiger charge is -2.26. The molecule has 0 saturated heterocycles. The smallest absolute Gasteiger partial charge is 0.232 e. The second kappa shape index (κ2) is 7.54. The van der Waals surface area contributed by atoms with Crippen molar-refractivity contribution in [3.63, 3.8) is 0 Å². The van der Waals surface area contributed by atoms with E-state index in [0.29, 0.717) is 12.2 Å². The minimum atomic E-state index is -3.53. The number of fused-ring (bicyclic) bond motifs is 3. The Balaban J connectivity index is 1.68. The predicted octanol–water partition coefficient (Wildman–Crippen LogP) is 3.93. The molecule has 0 unspecified atom stereocenters. The summed E-state index contributed by atoms with van der Waals surface area (Å²) in [4.78, 5) is 0. The molecule has 3 aromatic carbocycles. The zero-order valence-electron chi connectivity index (χ0n) is 16.5. The van der Waals surface area contributed by atoms with Crippen molar-refractivity contribution in [3.05, 3.63) is 78.4 Å². The van der Waals surface area contributed by atoms with E-state index in [1.54, 1.807) is 12.1 Å². The van der Waals surface area contributed by atoms with Gasteiger partial charge in [-0.05, 0) is 31.2 Å². The lowest BCUT2D eigenvalue weighted by molar-refractivity contribution is 0.166. The summed E-state index contributed by atoms with van der Waals surface area (Å²) < 4.78 is 28.1. The van der Waals surface area contributed by atoms with E-state index in [2.05, 4.69) is 16.7 Å².